The summed E-state index contributed by atoms with van der Waals surface area (Å²) in [5.74, 6) is 0.195. The molecule has 0 aliphatic carbocycles. The van der Waals surface area contributed by atoms with Crippen molar-refractivity contribution in [2.75, 3.05) is 0 Å². The van der Waals surface area contributed by atoms with Crippen molar-refractivity contribution >= 4 is 0 Å². The first-order chi connectivity index (χ1) is 8.79. The first-order valence-electron chi connectivity index (χ1n) is 5.61. The fourth-order valence-corrected chi connectivity index (χ4v) is 1.61. The van der Waals surface area contributed by atoms with E-state index >= 15 is 0 Å². The van der Waals surface area contributed by atoms with E-state index in [-0.39, 0.29) is 5.75 Å². The summed E-state index contributed by atoms with van der Waals surface area (Å²) in [6.45, 7) is 0.528. The zero-order valence-corrected chi connectivity index (χ0v) is 9.74. The molecule has 1 heterocycles. The first-order valence-corrected chi connectivity index (χ1v) is 5.61. The summed E-state index contributed by atoms with van der Waals surface area (Å²) in [6, 6.07) is 14.0. The van der Waals surface area contributed by atoms with Gasteiger partial charge in [0.2, 0.25) is 0 Å². The fraction of sp³-hybridized carbons (Fsp3) is 0.143. The zero-order chi connectivity index (χ0) is 12.8. The van der Waals surface area contributed by atoms with Crippen LogP contribution >= 0.6 is 0 Å². The number of nitrogens with zero attached hydrogens (tertiary/aromatic N) is 2. The second-order valence-corrected chi connectivity index (χ2v) is 3.86. The van der Waals surface area contributed by atoms with Crippen LogP contribution in [0.25, 0.3) is 0 Å². The minimum atomic E-state index is -0.410. The average molecular weight is 239 g/mol. The van der Waals surface area contributed by atoms with Crippen molar-refractivity contribution in [2.45, 2.75) is 12.6 Å². The number of nitriles is 1. The lowest BCUT2D eigenvalue weighted by molar-refractivity contribution is 0.474. The van der Waals surface area contributed by atoms with Crippen LogP contribution in [0.4, 0.5) is 0 Å². The largest absolute Gasteiger partial charge is 0.508 e. The number of aromatic hydroxyl groups is 1. The van der Waals surface area contributed by atoms with Crippen LogP contribution in [0, 0.1) is 11.3 Å². The molecular formula is C14H13N3O. The molecule has 1 unspecified atom stereocenters. The third-order valence-electron chi connectivity index (χ3n) is 2.57. The maximum absolute atomic E-state index is 9.21. The van der Waals surface area contributed by atoms with Gasteiger partial charge in [0.25, 0.3) is 0 Å². The minimum absolute atomic E-state index is 0.195. The highest BCUT2D eigenvalue weighted by atomic mass is 16.3. The van der Waals surface area contributed by atoms with E-state index < -0.39 is 6.04 Å². The van der Waals surface area contributed by atoms with Crippen LogP contribution in [0.5, 0.6) is 5.75 Å². The van der Waals surface area contributed by atoms with Crippen LogP contribution in [0.1, 0.15) is 17.3 Å². The van der Waals surface area contributed by atoms with Gasteiger partial charge >= 0.3 is 0 Å². The van der Waals surface area contributed by atoms with Crippen molar-refractivity contribution in [3.05, 3.63) is 59.9 Å². The van der Waals surface area contributed by atoms with Gasteiger partial charge in [-0.2, -0.15) is 5.26 Å². The monoisotopic (exact) mass is 239 g/mol. The van der Waals surface area contributed by atoms with E-state index in [1.165, 1.54) is 0 Å². The standard InChI is InChI=1S/C14H13N3O/c15-9-14(11-4-6-13(18)7-5-11)17-10-12-3-1-2-8-16-12/h1-8,14,17-18H,10H2. The molecule has 0 saturated heterocycles. The van der Waals surface area contributed by atoms with Gasteiger partial charge in [0.05, 0.1) is 11.8 Å². The number of pyridine rings is 1. The highest BCUT2D eigenvalue weighted by Crippen LogP contribution is 2.16. The Morgan fingerprint density at radius 1 is 1.22 bits per heavy atom. The second-order valence-electron chi connectivity index (χ2n) is 3.86. The Morgan fingerprint density at radius 3 is 2.61 bits per heavy atom. The number of hydrogen-bond acceptors (Lipinski definition) is 4. The number of phenols is 1. The molecule has 0 spiro atoms. The van der Waals surface area contributed by atoms with Crippen LogP contribution < -0.4 is 5.32 Å². The number of nitrogens with one attached hydrogen (secondary N) is 1. The van der Waals surface area contributed by atoms with Gasteiger partial charge in [-0.15, -0.1) is 0 Å². The molecule has 18 heavy (non-hydrogen) atoms. The Labute approximate surface area is 106 Å². The van der Waals surface area contributed by atoms with Crippen molar-refractivity contribution in [1.82, 2.24) is 10.3 Å². The summed E-state index contributed by atoms with van der Waals surface area (Å²) in [7, 11) is 0. The Balaban J connectivity index is 2.02. The third kappa shape index (κ3) is 3.06. The van der Waals surface area contributed by atoms with Crippen LogP contribution in [-0.4, -0.2) is 10.1 Å². The van der Waals surface area contributed by atoms with E-state index in [0.717, 1.165) is 11.3 Å². The van der Waals surface area contributed by atoms with E-state index in [1.807, 2.05) is 18.2 Å². The molecule has 0 saturated carbocycles. The lowest BCUT2D eigenvalue weighted by atomic mass is 10.1. The number of rotatable bonds is 4. The predicted molar refractivity (Wildman–Crippen MR) is 67.5 cm³/mol. The van der Waals surface area contributed by atoms with E-state index in [4.69, 9.17) is 5.26 Å². The molecule has 4 heteroatoms. The molecule has 1 atom stereocenters. The maximum Gasteiger partial charge on any atom is 0.121 e. The summed E-state index contributed by atoms with van der Waals surface area (Å²) < 4.78 is 0. The number of aromatic nitrogens is 1. The Hall–Kier alpha value is -2.38. The highest BCUT2D eigenvalue weighted by molar-refractivity contribution is 5.30. The topological polar surface area (TPSA) is 68.9 Å². The normalized spacial score (nSPS) is 11.7. The zero-order valence-electron chi connectivity index (χ0n) is 9.74. The van der Waals surface area contributed by atoms with E-state index in [1.54, 1.807) is 30.5 Å². The predicted octanol–water partition coefficient (Wildman–Crippen LogP) is 2.14. The second kappa shape index (κ2) is 5.80. The molecule has 2 aromatic rings. The fourth-order valence-electron chi connectivity index (χ4n) is 1.61. The van der Waals surface area contributed by atoms with Crippen molar-refractivity contribution in [3.63, 3.8) is 0 Å². The third-order valence-corrected chi connectivity index (χ3v) is 2.57. The Morgan fingerprint density at radius 2 is 2.00 bits per heavy atom. The van der Waals surface area contributed by atoms with Crippen LogP contribution in [0.2, 0.25) is 0 Å². The highest BCUT2D eigenvalue weighted by Gasteiger charge is 2.09. The molecule has 0 aliphatic rings. The van der Waals surface area contributed by atoms with Gasteiger partial charge < -0.3 is 5.11 Å². The van der Waals surface area contributed by atoms with Gasteiger partial charge in [-0.1, -0.05) is 18.2 Å². The van der Waals surface area contributed by atoms with Crippen LogP contribution in [-0.2, 0) is 6.54 Å². The summed E-state index contributed by atoms with van der Waals surface area (Å²) in [6.07, 6.45) is 1.72. The molecule has 0 radical (unpaired) electrons. The number of phenolic OH excluding ortho intramolecular Hbond substituents is 1. The lowest BCUT2D eigenvalue weighted by Crippen LogP contribution is -2.19. The van der Waals surface area contributed by atoms with Crippen LogP contribution in [0.3, 0.4) is 0 Å². The van der Waals surface area contributed by atoms with Crippen LogP contribution in [0.15, 0.2) is 48.7 Å². The minimum Gasteiger partial charge on any atom is -0.508 e. The summed E-state index contributed by atoms with van der Waals surface area (Å²) >= 11 is 0. The molecule has 1 aromatic carbocycles. The van der Waals surface area contributed by atoms with Crippen molar-refractivity contribution in [1.29, 1.82) is 5.26 Å². The molecule has 0 amide bonds. The van der Waals surface area contributed by atoms with Gasteiger partial charge in [0.15, 0.2) is 0 Å². The summed E-state index contributed by atoms with van der Waals surface area (Å²) in [5, 5.41) is 21.5. The van der Waals surface area contributed by atoms with Gasteiger partial charge in [0.1, 0.15) is 11.8 Å². The first kappa shape index (κ1) is 12.1. The molecule has 1 aromatic heterocycles. The van der Waals surface area contributed by atoms with E-state index in [9.17, 15) is 5.11 Å². The van der Waals surface area contributed by atoms with Gasteiger partial charge in [-0.05, 0) is 29.8 Å². The molecule has 90 valence electrons. The molecule has 0 bridgehead atoms. The Bertz CT molecular complexity index is 531. The van der Waals surface area contributed by atoms with Gasteiger partial charge in [-0.25, -0.2) is 0 Å². The van der Waals surface area contributed by atoms with Crippen molar-refractivity contribution < 1.29 is 5.11 Å². The van der Waals surface area contributed by atoms with Gasteiger partial charge in [0, 0.05) is 12.7 Å². The summed E-state index contributed by atoms with van der Waals surface area (Å²) in [5.41, 5.74) is 1.71. The molecular weight excluding hydrogens is 226 g/mol. The molecule has 0 fully saturated rings. The average Bonchev–Trinajstić information content (AvgIpc) is 2.42. The number of benzene rings is 1. The van der Waals surface area contributed by atoms with Gasteiger partial charge in [-0.3, -0.25) is 10.3 Å². The lowest BCUT2D eigenvalue weighted by Gasteiger charge is -2.11. The molecule has 2 rings (SSSR count). The van der Waals surface area contributed by atoms with E-state index in [0.29, 0.717) is 6.54 Å². The summed E-state index contributed by atoms with van der Waals surface area (Å²) in [4.78, 5) is 4.18. The molecule has 4 nitrogen and oxygen atoms in total. The maximum atomic E-state index is 9.21. The van der Waals surface area contributed by atoms with Crippen molar-refractivity contribution in [2.24, 2.45) is 0 Å². The molecule has 0 aliphatic heterocycles. The molecule has 2 N–H and O–H groups in total. The number of hydrogen-bond donors (Lipinski definition) is 2. The quantitative estimate of drug-likeness (QED) is 0.857. The van der Waals surface area contributed by atoms with E-state index in [2.05, 4.69) is 16.4 Å². The van der Waals surface area contributed by atoms with Crippen molar-refractivity contribution in [3.8, 4) is 11.8 Å². The Kier molecular flexibility index (Phi) is 3.90. The smallest absolute Gasteiger partial charge is 0.121 e. The SMILES string of the molecule is N#CC(NCc1ccccn1)c1ccc(O)cc1.